The standard InChI is InChI=1S/C15H17F3O4S/c16-15(17,18)23(20,21)13-8-7-12(22-9-3-1-2-4-9)10-5-6-11(19)14(10)13/h7-9,11,19H,1-6H2. The molecule has 23 heavy (non-hydrogen) atoms. The molecule has 4 nitrogen and oxygen atoms in total. The van der Waals surface area contributed by atoms with Crippen LogP contribution in [0.2, 0.25) is 0 Å². The number of hydrogen-bond donors (Lipinski definition) is 1. The Morgan fingerprint density at radius 2 is 1.78 bits per heavy atom. The fourth-order valence-electron chi connectivity index (χ4n) is 3.33. The van der Waals surface area contributed by atoms with E-state index in [1.807, 2.05) is 0 Å². The van der Waals surface area contributed by atoms with Crippen LogP contribution in [0.1, 0.15) is 49.3 Å². The van der Waals surface area contributed by atoms with Gasteiger partial charge in [-0.1, -0.05) is 0 Å². The van der Waals surface area contributed by atoms with Crippen LogP contribution in [0.5, 0.6) is 5.75 Å². The normalized spacial score (nSPS) is 22.3. The molecule has 1 N–H and O–H groups in total. The van der Waals surface area contributed by atoms with Crippen molar-refractivity contribution in [3.05, 3.63) is 23.3 Å². The average Bonchev–Trinajstić information content (AvgIpc) is 3.08. The number of rotatable bonds is 3. The molecule has 0 amide bonds. The molecular weight excluding hydrogens is 333 g/mol. The predicted molar refractivity (Wildman–Crippen MR) is 75.8 cm³/mol. The third kappa shape index (κ3) is 2.82. The smallest absolute Gasteiger partial charge is 0.490 e. The van der Waals surface area contributed by atoms with E-state index in [0.29, 0.717) is 17.7 Å². The van der Waals surface area contributed by atoms with Crippen molar-refractivity contribution < 1.29 is 31.4 Å². The molecule has 0 heterocycles. The zero-order valence-electron chi connectivity index (χ0n) is 12.3. The number of fused-ring (bicyclic) bond motifs is 1. The number of sulfone groups is 1. The maximum atomic E-state index is 12.8. The molecule has 0 aromatic heterocycles. The summed E-state index contributed by atoms with van der Waals surface area (Å²) in [6.45, 7) is 0. The largest absolute Gasteiger partial charge is 0.501 e. The Hall–Kier alpha value is -1.28. The Bertz CT molecular complexity index is 706. The van der Waals surface area contributed by atoms with Crippen LogP contribution in [0.25, 0.3) is 0 Å². The number of hydrogen-bond acceptors (Lipinski definition) is 4. The van der Waals surface area contributed by atoms with Gasteiger partial charge in [-0.2, -0.15) is 13.2 Å². The van der Waals surface area contributed by atoms with Gasteiger partial charge < -0.3 is 9.84 Å². The van der Waals surface area contributed by atoms with Crippen LogP contribution in [0.3, 0.4) is 0 Å². The van der Waals surface area contributed by atoms with Crippen molar-refractivity contribution in [1.29, 1.82) is 0 Å². The quantitative estimate of drug-likeness (QED) is 0.909. The highest BCUT2D eigenvalue weighted by Crippen LogP contribution is 2.44. The minimum absolute atomic E-state index is 0.00177. The molecule has 8 heteroatoms. The molecule has 1 unspecified atom stereocenters. The van der Waals surface area contributed by atoms with Crippen molar-refractivity contribution >= 4 is 9.84 Å². The number of alkyl halides is 3. The SMILES string of the molecule is O=S(=O)(c1ccc(OC2CCCC2)c2c1C(O)CC2)C(F)(F)F. The van der Waals surface area contributed by atoms with Crippen LogP contribution in [-0.2, 0) is 16.3 Å². The molecule has 1 aromatic rings. The molecule has 1 aromatic carbocycles. The molecule has 1 saturated carbocycles. The lowest BCUT2D eigenvalue weighted by Crippen LogP contribution is -2.25. The zero-order valence-corrected chi connectivity index (χ0v) is 13.1. The molecule has 3 rings (SSSR count). The highest BCUT2D eigenvalue weighted by molar-refractivity contribution is 7.92. The van der Waals surface area contributed by atoms with Crippen LogP contribution in [0.4, 0.5) is 13.2 Å². The highest BCUT2D eigenvalue weighted by atomic mass is 32.2. The second-order valence-corrected chi connectivity index (χ2v) is 7.89. The predicted octanol–water partition coefficient (Wildman–Crippen LogP) is 3.28. The summed E-state index contributed by atoms with van der Waals surface area (Å²) in [6.07, 6.45) is 3.11. The summed E-state index contributed by atoms with van der Waals surface area (Å²) in [5.41, 5.74) is -5.16. The van der Waals surface area contributed by atoms with Gasteiger partial charge in [-0.05, 0) is 50.7 Å². The fraction of sp³-hybridized carbons (Fsp3) is 0.600. The molecule has 0 saturated heterocycles. The molecule has 1 fully saturated rings. The van der Waals surface area contributed by atoms with E-state index in [0.717, 1.165) is 31.7 Å². The van der Waals surface area contributed by atoms with E-state index in [-0.39, 0.29) is 18.1 Å². The van der Waals surface area contributed by atoms with Gasteiger partial charge >= 0.3 is 5.51 Å². The lowest BCUT2D eigenvalue weighted by atomic mass is 10.1. The first kappa shape index (κ1) is 16.6. The van der Waals surface area contributed by atoms with Crippen molar-refractivity contribution in [3.8, 4) is 5.75 Å². The van der Waals surface area contributed by atoms with Crippen molar-refractivity contribution in [1.82, 2.24) is 0 Å². The van der Waals surface area contributed by atoms with E-state index >= 15 is 0 Å². The maximum Gasteiger partial charge on any atom is 0.501 e. The Morgan fingerprint density at radius 1 is 1.13 bits per heavy atom. The second kappa shape index (κ2) is 5.66. The summed E-state index contributed by atoms with van der Waals surface area (Å²) < 4.78 is 67.8. The molecule has 0 aliphatic heterocycles. The lowest BCUT2D eigenvalue weighted by molar-refractivity contribution is -0.0437. The molecule has 1 atom stereocenters. The van der Waals surface area contributed by atoms with Crippen LogP contribution in [0.15, 0.2) is 17.0 Å². The number of aliphatic hydroxyl groups is 1. The number of halogens is 3. The summed E-state index contributed by atoms with van der Waals surface area (Å²) in [5, 5.41) is 9.99. The topological polar surface area (TPSA) is 63.6 Å². The molecule has 2 aliphatic carbocycles. The summed E-state index contributed by atoms with van der Waals surface area (Å²) in [6, 6.07) is 2.19. The number of ether oxygens (including phenoxy) is 1. The summed E-state index contributed by atoms with van der Waals surface area (Å²) in [7, 11) is -5.49. The van der Waals surface area contributed by atoms with E-state index in [1.165, 1.54) is 6.07 Å². The molecule has 128 valence electrons. The second-order valence-electron chi connectivity index (χ2n) is 5.98. The molecular formula is C15H17F3O4S. The Morgan fingerprint density at radius 3 is 2.39 bits per heavy atom. The van der Waals surface area contributed by atoms with Gasteiger partial charge in [0.05, 0.1) is 17.1 Å². The van der Waals surface area contributed by atoms with Gasteiger partial charge in [0.1, 0.15) is 5.75 Å². The van der Waals surface area contributed by atoms with Gasteiger partial charge in [0.25, 0.3) is 9.84 Å². The Labute approximate surface area is 132 Å². The van der Waals surface area contributed by atoms with Crippen molar-refractivity contribution in [2.75, 3.05) is 0 Å². The van der Waals surface area contributed by atoms with E-state index in [1.54, 1.807) is 0 Å². The van der Waals surface area contributed by atoms with Gasteiger partial charge in [-0.15, -0.1) is 0 Å². The monoisotopic (exact) mass is 350 g/mol. The maximum absolute atomic E-state index is 12.8. The van der Waals surface area contributed by atoms with Crippen molar-refractivity contribution in [2.45, 2.75) is 61.1 Å². The molecule has 0 radical (unpaired) electrons. The first-order chi connectivity index (χ1) is 10.7. The van der Waals surface area contributed by atoms with Crippen LogP contribution >= 0.6 is 0 Å². The van der Waals surface area contributed by atoms with Crippen molar-refractivity contribution in [3.63, 3.8) is 0 Å². The highest BCUT2D eigenvalue weighted by Gasteiger charge is 2.49. The van der Waals surface area contributed by atoms with Crippen LogP contribution in [-0.4, -0.2) is 25.1 Å². The summed E-state index contributed by atoms with van der Waals surface area (Å²) >= 11 is 0. The molecule has 0 spiro atoms. The first-order valence-electron chi connectivity index (χ1n) is 7.53. The fourth-order valence-corrected chi connectivity index (χ4v) is 4.37. The minimum atomic E-state index is -5.49. The van der Waals surface area contributed by atoms with Crippen LogP contribution < -0.4 is 4.74 Å². The average molecular weight is 350 g/mol. The third-order valence-electron chi connectivity index (χ3n) is 4.47. The van der Waals surface area contributed by atoms with E-state index in [2.05, 4.69) is 0 Å². The summed E-state index contributed by atoms with van der Waals surface area (Å²) in [5.74, 6) is 0.393. The van der Waals surface area contributed by atoms with E-state index in [4.69, 9.17) is 4.74 Å². The lowest BCUT2D eigenvalue weighted by Gasteiger charge is -2.19. The van der Waals surface area contributed by atoms with Gasteiger partial charge in [-0.3, -0.25) is 0 Å². The van der Waals surface area contributed by atoms with E-state index in [9.17, 15) is 26.7 Å². The van der Waals surface area contributed by atoms with Gasteiger partial charge in [0.15, 0.2) is 0 Å². The first-order valence-corrected chi connectivity index (χ1v) is 9.02. The third-order valence-corrected chi connectivity index (χ3v) is 6.01. The van der Waals surface area contributed by atoms with Gasteiger partial charge in [-0.25, -0.2) is 8.42 Å². The Kier molecular flexibility index (Phi) is 4.08. The van der Waals surface area contributed by atoms with Crippen LogP contribution in [0, 0.1) is 0 Å². The Balaban J connectivity index is 2.06. The van der Waals surface area contributed by atoms with Gasteiger partial charge in [0, 0.05) is 11.1 Å². The van der Waals surface area contributed by atoms with Gasteiger partial charge in [0.2, 0.25) is 0 Å². The van der Waals surface area contributed by atoms with E-state index < -0.39 is 26.3 Å². The summed E-state index contributed by atoms with van der Waals surface area (Å²) in [4.78, 5) is -0.858. The zero-order chi connectivity index (χ0) is 16.8. The molecule has 0 bridgehead atoms. The van der Waals surface area contributed by atoms with Crippen molar-refractivity contribution in [2.24, 2.45) is 0 Å². The molecule has 2 aliphatic rings. The minimum Gasteiger partial charge on any atom is -0.490 e. The number of aliphatic hydroxyl groups excluding tert-OH is 1. The number of benzene rings is 1.